The minimum absolute atomic E-state index is 0.166. The first-order valence-corrected chi connectivity index (χ1v) is 7.71. The second-order valence-corrected chi connectivity index (χ2v) is 6.40. The van der Waals surface area contributed by atoms with E-state index in [4.69, 9.17) is 4.74 Å². The number of benzene rings is 1. The zero-order chi connectivity index (χ0) is 15.6. The number of ether oxygens (including phenoxy) is 1. The molecule has 1 aromatic carbocycles. The van der Waals surface area contributed by atoms with Crippen molar-refractivity contribution in [1.82, 2.24) is 0 Å². The molecule has 1 aliphatic heterocycles. The van der Waals surface area contributed by atoms with Crippen molar-refractivity contribution in [2.45, 2.75) is 70.9 Å². The minimum atomic E-state index is -0.938. The predicted molar refractivity (Wildman–Crippen MR) is 81.3 cm³/mol. The number of hydrogen-bond donors (Lipinski definition) is 3. The van der Waals surface area contributed by atoms with Crippen LogP contribution in [0.15, 0.2) is 12.1 Å². The summed E-state index contributed by atoms with van der Waals surface area (Å²) in [5.74, 6) is 0.637. The SMILES string of the molecule is CCCC[C@H](O)c1ccc2c(c1CO)O[C@@H](C(C)(C)O)C2. The zero-order valence-corrected chi connectivity index (χ0v) is 13.1. The Bertz CT molecular complexity index is 490. The van der Waals surface area contributed by atoms with Gasteiger partial charge in [-0.25, -0.2) is 0 Å². The molecule has 0 saturated carbocycles. The highest BCUT2D eigenvalue weighted by molar-refractivity contribution is 5.50. The molecule has 0 unspecified atom stereocenters. The summed E-state index contributed by atoms with van der Waals surface area (Å²) in [6, 6.07) is 3.81. The lowest BCUT2D eigenvalue weighted by Gasteiger charge is -2.25. The maximum Gasteiger partial charge on any atom is 0.131 e. The van der Waals surface area contributed by atoms with Crippen molar-refractivity contribution in [1.29, 1.82) is 0 Å². The number of unbranched alkanes of at least 4 members (excludes halogenated alkanes) is 1. The van der Waals surface area contributed by atoms with E-state index in [1.54, 1.807) is 13.8 Å². The van der Waals surface area contributed by atoms with Gasteiger partial charge in [0, 0.05) is 12.0 Å². The lowest BCUT2D eigenvalue weighted by molar-refractivity contribution is -0.0236. The normalized spacial score (nSPS) is 19.2. The third-order valence-electron chi connectivity index (χ3n) is 4.18. The van der Waals surface area contributed by atoms with Gasteiger partial charge in [0.2, 0.25) is 0 Å². The summed E-state index contributed by atoms with van der Waals surface area (Å²) in [5, 5.41) is 30.1. The molecule has 0 bridgehead atoms. The molecule has 0 radical (unpaired) electrons. The average Bonchev–Trinajstić information content (AvgIpc) is 2.87. The summed E-state index contributed by atoms with van der Waals surface area (Å²) >= 11 is 0. The summed E-state index contributed by atoms with van der Waals surface area (Å²) in [6.45, 7) is 5.36. The van der Waals surface area contributed by atoms with E-state index in [2.05, 4.69) is 6.92 Å². The van der Waals surface area contributed by atoms with E-state index in [1.807, 2.05) is 12.1 Å². The van der Waals surface area contributed by atoms with Crippen LogP contribution in [0.25, 0.3) is 0 Å². The highest BCUT2D eigenvalue weighted by Gasteiger charge is 2.36. The van der Waals surface area contributed by atoms with Crippen molar-refractivity contribution >= 4 is 0 Å². The highest BCUT2D eigenvalue weighted by atomic mass is 16.5. The molecule has 1 aliphatic rings. The Balaban J connectivity index is 2.29. The lowest BCUT2D eigenvalue weighted by atomic mass is 9.93. The summed E-state index contributed by atoms with van der Waals surface area (Å²) in [4.78, 5) is 0. The van der Waals surface area contributed by atoms with Crippen LogP contribution in [0.1, 0.15) is 62.8 Å². The van der Waals surface area contributed by atoms with Gasteiger partial charge in [-0.05, 0) is 31.4 Å². The van der Waals surface area contributed by atoms with E-state index in [0.29, 0.717) is 24.2 Å². The van der Waals surface area contributed by atoms with Crippen LogP contribution >= 0.6 is 0 Å². The molecule has 0 aliphatic carbocycles. The minimum Gasteiger partial charge on any atom is -0.486 e. The van der Waals surface area contributed by atoms with Crippen LogP contribution in [-0.4, -0.2) is 27.0 Å². The maximum absolute atomic E-state index is 10.3. The van der Waals surface area contributed by atoms with Crippen LogP contribution in [0.3, 0.4) is 0 Å². The van der Waals surface area contributed by atoms with Gasteiger partial charge in [0.05, 0.1) is 18.3 Å². The quantitative estimate of drug-likeness (QED) is 0.754. The summed E-state index contributed by atoms with van der Waals surface area (Å²) < 4.78 is 5.87. The Morgan fingerprint density at radius 1 is 1.38 bits per heavy atom. The lowest BCUT2D eigenvalue weighted by Crippen LogP contribution is -2.39. The van der Waals surface area contributed by atoms with Crippen LogP contribution in [0, 0.1) is 0 Å². The molecule has 0 fully saturated rings. The average molecular weight is 294 g/mol. The second-order valence-electron chi connectivity index (χ2n) is 6.40. The van der Waals surface area contributed by atoms with Crippen molar-refractivity contribution in [3.05, 3.63) is 28.8 Å². The molecule has 2 rings (SSSR count). The van der Waals surface area contributed by atoms with Crippen molar-refractivity contribution in [2.24, 2.45) is 0 Å². The summed E-state index contributed by atoms with van der Waals surface area (Å²) in [6.07, 6.45) is 2.36. The van der Waals surface area contributed by atoms with Crippen molar-refractivity contribution in [3.8, 4) is 5.75 Å². The fourth-order valence-corrected chi connectivity index (χ4v) is 2.81. The molecule has 4 nitrogen and oxygen atoms in total. The third kappa shape index (κ3) is 3.39. The Morgan fingerprint density at radius 3 is 2.67 bits per heavy atom. The second kappa shape index (κ2) is 6.34. The predicted octanol–water partition coefficient (Wildman–Crippen LogP) is 2.48. The molecule has 2 atom stereocenters. The van der Waals surface area contributed by atoms with Crippen molar-refractivity contribution in [2.75, 3.05) is 0 Å². The van der Waals surface area contributed by atoms with Gasteiger partial charge in [0.1, 0.15) is 11.9 Å². The number of fused-ring (bicyclic) bond motifs is 1. The monoisotopic (exact) mass is 294 g/mol. The van der Waals surface area contributed by atoms with Gasteiger partial charge in [0.15, 0.2) is 0 Å². The van der Waals surface area contributed by atoms with Gasteiger partial charge in [-0.2, -0.15) is 0 Å². The van der Waals surface area contributed by atoms with Gasteiger partial charge >= 0.3 is 0 Å². The van der Waals surface area contributed by atoms with Crippen LogP contribution in [0.4, 0.5) is 0 Å². The van der Waals surface area contributed by atoms with E-state index in [1.165, 1.54) is 0 Å². The molecular weight excluding hydrogens is 268 g/mol. The largest absolute Gasteiger partial charge is 0.486 e. The number of aliphatic hydroxyl groups excluding tert-OH is 2. The first-order chi connectivity index (χ1) is 9.88. The van der Waals surface area contributed by atoms with Crippen LogP contribution < -0.4 is 4.74 Å². The molecule has 0 saturated heterocycles. The smallest absolute Gasteiger partial charge is 0.131 e. The van der Waals surface area contributed by atoms with Gasteiger partial charge in [-0.3, -0.25) is 0 Å². The van der Waals surface area contributed by atoms with E-state index in [-0.39, 0.29) is 12.7 Å². The van der Waals surface area contributed by atoms with Crippen molar-refractivity contribution < 1.29 is 20.1 Å². The van der Waals surface area contributed by atoms with Crippen molar-refractivity contribution in [3.63, 3.8) is 0 Å². The van der Waals surface area contributed by atoms with E-state index in [0.717, 1.165) is 24.0 Å². The molecule has 1 heterocycles. The van der Waals surface area contributed by atoms with Gasteiger partial charge < -0.3 is 20.1 Å². The standard InChI is InChI=1S/C17H26O4/c1-4-5-6-14(19)12-8-7-11-9-15(17(2,3)20)21-16(11)13(12)10-18/h7-8,14-15,18-20H,4-6,9-10H2,1-3H3/t14-,15+/m0/s1. The van der Waals surface area contributed by atoms with Crippen LogP contribution in [0.2, 0.25) is 0 Å². The molecule has 1 aromatic rings. The Labute approximate surface area is 126 Å². The first-order valence-electron chi connectivity index (χ1n) is 7.71. The molecule has 4 heteroatoms. The van der Waals surface area contributed by atoms with Gasteiger partial charge in [0.25, 0.3) is 0 Å². The summed E-state index contributed by atoms with van der Waals surface area (Å²) in [7, 11) is 0. The molecule has 0 aromatic heterocycles. The van der Waals surface area contributed by atoms with Crippen LogP contribution in [-0.2, 0) is 13.0 Å². The zero-order valence-electron chi connectivity index (χ0n) is 13.1. The van der Waals surface area contributed by atoms with Crippen LogP contribution in [0.5, 0.6) is 5.75 Å². The molecular formula is C17H26O4. The molecule has 3 N–H and O–H groups in total. The topological polar surface area (TPSA) is 69.9 Å². The molecule has 0 spiro atoms. The summed E-state index contributed by atoms with van der Waals surface area (Å²) in [5.41, 5.74) is 1.44. The first kappa shape index (κ1) is 16.3. The van der Waals surface area contributed by atoms with Gasteiger partial charge in [-0.1, -0.05) is 31.9 Å². The van der Waals surface area contributed by atoms with E-state index in [9.17, 15) is 15.3 Å². The Morgan fingerprint density at radius 2 is 2.10 bits per heavy atom. The number of aliphatic hydroxyl groups is 3. The fraction of sp³-hybridized carbons (Fsp3) is 0.647. The van der Waals surface area contributed by atoms with Gasteiger partial charge in [-0.15, -0.1) is 0 Å². The Hall–Kier alpha value is -1.10. The van der Waals surface area contributed by atoms with E-state index < -0.39 is 11.7 Å². The maximum atomic E-state index is 10.3. The Kier molecular flexibility index (Phi) is 4.91. The fourth-order valence-electron chi connectivity index (χ4n) is 2.81. The highest BCUT2D eigenvalue weighted by Crippen LogP contribution is 2.40. The third-order valence-corrected chi connectivity index (χ3v) is 4.18. The molecule has 118 valence electrons. The number of rotatable bonds is 6. The van der Waals surface area contributed by atoms with E-state index >= 15 is 0 Å². The number of hydrogen-bond acceptors (Lipinski definition) is 4. The molecule has 21 heavy (non-hydrogen) atoms. The molecule has 0 amide bonds.